The standard InChI is InChI=1S/C12H9BrN2O4S/c1-2-3-19-12(18)15-8-7-4-6(13)5-14-10(7)20-9(8)11(16)17/h2,4-5H,1,3H2,(H,15,18)(H,16,17). The number of thiophene rings is 1. The third kappa shape index (κ3) is 2.97. The van der Waals surface area contributed by atoms with E-state index in [0.29, 0.717) is 14.7 Å². The van der Waals surface area contributed by atoms with Crippen molar-refractivity contribution >= 4 is 55.2 Å². The number of carboxylic acids is 1. The monoisotopic (exact) mass is 356 g/mol. The largest absolute Gasteiger partial charge is 0.477 e. The topological polar surface area (TPSA) is 88.5 Å². The highest BCUT2D eigenvalue weighted by molar-refractivity contribution is 9.10. The summed E-state index contributed by atoms with van der Waals surface area (Å²) in [7, 11) is 0. The molecule has 0 radical (unpaired) electrons. The molecule has 0 aliphatic carbocycles. The Labute approximate surface area is 126 Å². The normalized spacial score (nSPS) is 10.2. The SMILES string of the molecule is C=CCOC(=O)Nc1c(C(=O)O)sc2ncc(Br)cc12. The van der Waals surface area contributed by atoms with Gasteiger partial charge in [0.05, 0.1) is 5.69 Å². The molecule has 0 spiro atoms. The van der Waals surface area contributed by atoms with Gasteiger partial charge in [0.2, 0.25) is 0 Å². The molecule has 0 saturated heterocycles. The van der Waals surface area contributed by atoms with Crippen molar-refractivity contribution in [2.45, 2.75) is 0 Å². The number of halogens is 1. The number of hydrogen-bond acceptors (Lipinski definition) is 5. The minimum Gasteiger partial charge on any atom is -0.477 e. The Balaban J connectivity index is 2.45. The summed E-state index contributed by atoms with van der Waals surface area (Å²) in [5.41, 5.74) is 0.181. The van der Waals surface area contributed by atoms with Crippen LogP contribution in [0.1, 0.15) is 9.67 Å². The van der Waals surface area contributed by atoms with Crippen molar-refractivity contribution in [1.29, 1.82) is 0 Å². The molecule has 0 aliphatic heterocycles. The molecule has 0 unspecified atom stereocenters. The zero-order valence-electron chi connectivity index (χ0n) is 10.1. The molecule has 2 N–H and O–H groups in total. The summed E-state index contributed by atoms with van der Waals surface area (Å²) in [5, 5.41) is 12.2. The second-order valence-electron chi connectivity index (χ2n) is 3.63. The smallest absolute Gasteiger partial charge is 0.412 e. The molecule has 0 fully saturated rings. The Bertz CT molecular complexity index is 698. The number of nitrogens with one attached hydrogen (secondary N) is 1. The van der Waals surface area contributed by atoms with Crippen molar-refractivity contribution in [3.63, 3.8) is 0 Å². The number of hydrogen-bond donors (Lipinski definition) is 2. The van der Waals surface area contributed by atoms with E-state index in [1.165, 1.54) is 6.08 Å². The number of nitrogens with zero attached hydrogens (tertiary/aromatic N) is 1. The van der Waals surface area contributed by atoms with Gasteiger partial charge in [-0.05, 0) is 22.0 Å². The maximum Gasteiger partial charge on any atom is 0.412 e. The molecule has 0 aromatic carbocycles. The van der Waals surface area contributed by atoms with Crippen molar-refractivity contribution in [1.82, 2.24) is 4.98 Å². The lowest BCUT2D eigenvalue weighted by Crippen LogP contribution is -2.15. The minimum absolute atomic E-state index is 0.00107. The van der Waals surface area contributed by atoms with Crippen LogP contribution in [0.25, 0.3) is 10.2 Å². The Kier molecular flexibility index (Phi) is 4.35. The van der Waals surface area contributed by atoms with E-state index in [9.17, 15) is 14.7 Å². The van der Waals surface area contributed by atoms with Crippen molar-refractivity contribution in [3.8, 4) is 0 Å². The van der Waals surface area contributed by atoms with Gasteiger partial charge in [0.1, 0.15) is 16.3 Å². The predicted molar refractivity (Wildman–Crippen MR) is 79.4 cm³/mol. The first-order valence-electron chi connectivity index (χ1n) is 5.39. The number of ether oxygens (including phenoxy) is 1. The highest BCUT2D eigenvalue weighted by atomic mass is 79.9. The molecular formula is C12H9BrN2O4S. The Morgan fingerprint density at radius 1 is 1.60 bits per heavy atom. The van der Waals surface area contributed by atoms with E-state index in [-0.39, 0.29) is 17.2 Å². The summed E-state index contributed by atoms with van der Waals surface area (Å²) in [6.45, 7) is 3.46. The van der Waals surface area contributed by atoms with E-state index in [1.54, 1.807) is 12.3 Å². The second-order valence-corrected chi connectivity index (χ2v) is 5.54. The number of rotatable bonds is 4. The molecule has 1 amide bonds. The number of amides is 1. The zero-order chi connectivity index (χ0) is 14.7. The molecule has 0 atom stereocenters. The van der Waals surface area contributed by atoms with E-state index in [4.69, 9.17) is 4.74 Å². The lowest BCUT2D eigenvalue weighted by Gasteiger charge is -2.05. The lowest BCUT2D eigenvalue weighted by atomic mass is 10.2. The quantitative estimate of drug-likeness (QED) is 0.818. The van der Waals surface area contributed by atoms with E-state index < -0.39 is 12.1 Å². The van der Waals surface area contributed by atoms with Gasteiger partial charge in [-0.3, -0.25) is 5.32 Å². The first kappa shape index (κ1) is 14.5. The van der Waals surface area contributed by atoms with Crippen LogP contribution in [0.3, 0.4) is 0 Å². The number of carboxylic acid groups (broad SMARTS) is 1. The maximum atomic E-state index is 11.6. The van der Waals surface area contributed by atoms with Crippen molar-refractivity contribution < 1.29 is 19.4 Å². The number of fused-ring (bicyclic) bond motifs is 1. The summed E-state index contributed by atoms with van der Waals surface area (Å²) in [4.78, 5) is 27.4. The third-order valence-corrected chi connectivity index (χ3v) is 3.80. The number of carbonyl (C=O) groups excluding carboxylic acids is 1. The van der Waals surface area contributed by atoms with Crippen LogP contribution in [0.2, 0.25) is 0 Å². The Hall–Kier alpha value is -1.93. The zero-order valence-corrected chi connectivity index (χ0v) is 12.5. The summed E-state index contributed by atoms with van der Waals surface area (Å²) in [6.07, 6.45) is 2.23. The third-order valence-electron chi connectivity index (χ3n) is 2.27. The lowest BCUT2D eigenvalue weighted by molar-refractivity contribution is 0.0703. The maximum absolute atomic E-state index is 11.6. The molecule has 2 aromatic heterocycles. The van der Waals surface area contributed by atoms with Crippen LogP contribution in [0.4, 0.5) is 10.5 Å². The highest BCUT2D eigenvalue weighted by Gasteiger charge is 2.21. The molecule has 2 heterocycles. The van der Waals surface area contributed by atoms with E-state index >= 15 is 0 Å². The van der Waals surface area contributed by atoms with Crippen molar-refractivity contribution in [2.24, 2.45) is 0 Å². The minimum atomic E-state index is -1.14. The van der Waals surface area contributed by atoms with Crippen LogP contribution in [-0.4, -0.2) is 28.8 Å². The van der Waals surface area contributed by atoms with Gasteiger partial charge in [-0.15, -0.1) is 11.3 Å². The fraction of sp³-hybridized carbons (Fsp3) is 0.0833. The number of aromatic nitrogens is 1. The average molecular weight is 357 g/mol. The Morgan fingerprint density at radius 2 is 2.35 bits per heavy atom. The predicted octanol–water partition coefficient (Wildman–Crippen LogP) is 3.49. The summed E-state index contributed by atoms with van der Waals surface area (Å²) >= 11 is 4.24. The van der Waals surface area contributed by atoms with Crippen molar-refractivity contribution in [3.05, 3.63) is 34.3 Å². The van der Waals surface area contributed by atoms with Gasteiger partial charge in [0.15, 0.2) is 0 Å². The molecule has 20 heavy (non-hydrogen) atoms. The van der Waals surface area contributed by atoms with Crippen LogP contribution in [-0.2, 0) is 4.74 Å². The van der Waals surface area contributed by atoms with Gasteiger partial charge < -0.3 is 9.84 Å². The van der Waals surface area contributed by atoms with Crippen LogP contribution in [0, 0.1) is 0 Å². The highest BCUT2D eigenvalue weighted by Crippen LogP contribution is 2.36. The number of anilines is 1. The first-order valence-corrected chi connectivity index (χ1v) is 7.00. The first-order chi connectivity index (χ1) is 9.52. The van der Waals surface area contributed by atoms with Gasteiger partial charge in [-0.2, -0.15) is 0 Å². The van der Waals surface area contributed by atoms with Crippen LogP contribution < -0.4 is 5.32 Å². The number of carbonyl (C=O) groups is 2. The molecule has 8 heteroatoms. The fourth-order valence-corrected chi connectivity index (χ4v) is 2.76. The van der Waals surface area contributed by atoms with Gasteiger partial charge in [0, 0.05) is 16.1 Å². The fourth-order valence-electron chi connectivity index (χ4n) is 1.50. The molecule has 0 saturated carbocycles. The van der Waals surface area contributed by atoms with Crippen LogP contribution >= 0.6 is 27.3 Å². The molecule has 0 aliphatic rings. The summed E-state index contributed by atoms with van der Waals surface area (Å²) in [5.74, 6) is -1.14. The molecular weight excluding hydrogens is 348 g/mol. The Morgan fingerprint density at radius 3 is 3.00 bits per heavy atom. The van der Waals surface area contributed by atoms with Crippen molar-refractivity contribution in [2.75, 3.05) is 11.9 Å². The molecule has 2 rings (SSSR count). The van der Waals surface area contributed by atoms with Crippen LogP contribution in [0.5, 0.6) is 0 Å². The van der Waals surface area contributed by atoms with E-state index in [1.807, 2.05) is 0 Å². The molecule has 0 bridgehead atoms. The average Bonchev–Trinajstić information content (AvgIpc) is 2.75. The second kappa shape index (κ2) is 6.02. The van der Waals surface area contributed by atoms with Gasteiger partial charge in [-0.25, -0.2) is 14.6 Å². The molecule has 2 aromatic rings. The van der Waals surface area contributed by atoms with E-state index in [0.717, 1.165) is 11.3 Å². The van der Waals surface area contributed by atoms with Crippen LogP contribution in [0.15, 0.2) is 29.4 Å². The van der Waals surface area contributed by atoms with E-state index in [2.05, 4.69) is 32.8 Å². The van der Waals surface area contributed by atoms with Gasteiger partial charge >= 0.3 is 12.1 Å². The van der Waals surface area contributed by atoms with Gasteiger partial charge in [0.25, 0.3) is 0 Å². The summed E-state index contributed by atoms with van der Waals surface area (Å²) < 4.78 is 5.47. The van der Waals surface area contributed by atoms with Gasteiger partial charge in [-0.1, -0.05) is 12.7 Å². The molecule has 6 nitrogen and oxygen atoms in total. The summed E-state index contributed by atoms with van der Waals surface area (Å²) in [6, 6.07) is 1.69. The number of aromatic carboxylic acids is 1. The molecule has 104 valence electrons. The number of pyridine rings is 1.